The number of benzene rings is 1. The quantitative estimate of drug-likeness (QED) is 0.670. The summed E-state index contributed by atoms with van der Waals surface area (Å²) in [5.41, 5.74) is 6.61. The zero-order valence-corrected chi connectivity index (χ0v) is 10.1. The highest BCUT2D eigenvalue weighted by Crippen LogP contribution is 2.24. The number of imidazole rings is 1. The number of rotatable bonds is 1. The predicted molar refractivity (Wildman–Crippen MR) is 67.9 cm³/mol. The lowest BCUT2D eigenvalue weighted by atomic mass is 10.1. The van der Waals surface area contributed by atoms with E-state index in [0.29, 0.717) is 0 Å². The van der Waals surface area contributed by atoms with Gasteiger partial charge in [0, 0.05) is 5.69 Å². The number of nitrogens with zero attached hydrogens (tertiary/aromatic N) is 2. The SMILES string of the molecule is Cc1cc(C)c2nc(-c3cn[nH]c3C)[nH]c2c1. The molecule has 17 heavy (non-hydrogen) atoms. The Kier molecular flexibility index (Phi) is 2.04. The van der Waals surface area contributed by atoms with Gasteiger partial charge in [-0.2, -0.15) is 5.10 Å². The first-order chi connectivity index (χ1) is 8.15. The van der Waals surface area contributed by atoms with Crippen molar-refractivity contribution in [2.45, 2.75) is 20.8 Å². The van der Waals surface area contributed by atoms with Crippen LogP contribution in [0, 0.1) is 20.8 Å². The fourth-order valence-electron chi connectivity index (χ4n) is 2.19. The summed E-state index contributed by atoms with van der Waals surface area (Å²) in [6, 6.07) is 4.27. The Bertz CT molecular complexity index is 691. The van der Waals surface area contributed by atoms with Crippen molar-refractivity contribution < 1.29 is 0 Å². The van der Waals surface area contributed by atoms with Crippen molar-refractivity contribution >= 4 is 11.0 Å². The van der Waals surface area contributed by atoms with Crippen molar-refractivity contribution in [3.05, 3.63) is 35.2 Å². The van der Waals surface area contributed by atoms with Gasteiger partial charge in [0.2, 0.25) is 0 Å². The van der Waals surface area contributed by atoms with E-state index in [1.165, 1.54) is 11.1 Å². The zero-order valence-electron chi connectivity index (χ0n) is 10.1. The van der Waals surface area contributed by atoms with Crippen molar-refractivity contribution in [1.82, 2.24) is 20.2 Å². The summed E-state index contributed by atoms with van der Waals surface area (Å²) in [4.78, 5) is 7.99. The monoisotopic (exact) mass is 226 g/mol. The van der Waals surface area contributed by atoms with Crippen molar-refractivity contribution in [2.75, 3.05) is 0 Å². The Morgan fingerprint density at radius 3 is 2.65 bits per heavy atom. The van der Waals surface area contributed by atoms with Crippen LogP contribution in [0.15, 0.2) is 18.3 Å². The van der Waals surface area contributed by atoms with Gasteiger partial charge in [0.05, 0.1) is 22.8 Å². The highest BCUT2D eigenvalue weighted by molar-refractivity contribution is 5.83. The molecule has 2 N–H and O–H groups in total. The van der Waals surface area contributed by atoms with Gasteiger partial charge in [0.25, 0.3) is 0 Å². The highest BCUT2D eigenvalue weighted by atomic mass is 15.1. The van der Waals surface area contributed by atoms with Crippen molar-refractivity contribution in [2.24, 2.45) is 0 Å². The van der Waals surface area contributed by atoms with Crippen molar-refractivity contribution in [3.8, 4) is 11.4 Å². The van der Waals surface area contributed by atoms with Crippen LogP contribution in [0.25, 0.3) is 22.4 Å². The third-order valence-electron chi connectivity index (χ3n) is 3.01. The number of aromatic amines is 2. The third-order valence-corrected chi connectivity index (χ3v) is 3.01. The molecule has 0 saturated heterocycles. The summed E-state index contributed by atoms with van der Waals surface area (Å²) >= 11 is 0. The molecule has 0 bridgehead atoms. The Hall–Kier alpha value is -2.10. The van der Waals surface area contributed by atoms with E-state index in [4.69, 9.17) is 0 Å². The number of hydrogen-bond acceptors (Lipinski definition) is 2. The lowest BCUT2D eigenvalue weighted by molar-refractivity contribution is 1.05. The van der Waals surface area contributed by atoms with E-state index in [-0.39, 0.29) is 0 Å². The minimum atomic E-state index is 0.875. The molecule has 86 valence electrons. The van der Waals surface area contributed by atoms with Crippen molar-refractivity contribution in [3.63, 3.8) is 0 Å². The van der Waals surface area contributed by atoms with Crippen LogP contribution >= 0.6 is 0 Å². The Labute approximate surface area is 99.1 Å². The van der Waals surface area contributed by atoms with Gasteiger partial charge in [-0.05, 0) is 38.0 Å². The fourth-order valence-corrected chi connectivity index (χ4v) is 2.19. The van der Waals surface area contributed by atoms with Gasteiger partial charge in [-0.1, -0.05) is 6.07 Å². The molecule has 0 saturated carbocycles. The largest absolute Gasteiger partial charge is 0.338 e. The minimum absolute atomic E-state index is 0.875. The molecule has 0 aliphatic rings. The molecular weight excluding hydrogens is 212 g/mol. The van der Waals surface area contributed by atoms with Crippen LogP contribution in [-0.2, 0) is 0 Å². The lowest BCUT2D eigenvalue weighted by Gasteiger charge is -1.96. The highest BCUT2D eigenvalue weighted by Gasteiger charge is 2.10. The first kappa shape index (κ1) is 10.1. The van der Waals surface area contributed by atoms with Crippen LogP contribution < -0.4 is 0 Å². The second-order valence-corrected chi connectivity index (χ2v) is 4.47. The number of nitrogens with one attached hydrogen (secondary N) is 2. The van der Waals surface area contributed by atoms with Gasteiger partial charge < -0.3 is 4.98 Å². The predicted octanol–water partition coefficient (Wildman–Crippen LogP) is 2.88. The maximum Gasteiger partial charge on any atom is 0.141 e. The topological polar surface area (TPSA) is 57.4 Å². The lowest BCUT2D eigenvalue weighted by Crippen LogP contribution is -1.81. The molecule has 0 radical (unpaired) electrons. The summed E-state index contributed by atoms with van der Waals surface area (Å²) in [6.45, 7) is 6.17. The zero-order chi connectivity index (χ0) is 12.0. The standard InChI is InChI=1S/C13H14N4/c1-7-4-8(2)12-11(5-7)15-13(16-12)10-6-14-17-9(10)3/h4-6H,1-3H3,(H,14,17)(H,15,16). The fraction of sp³-hybridized carbons (Fsp3) is 0.231. The number of aryl methyl sites for hydroxylation is 3. The molecule has 2 heterocycles. The molecule has 0 unspecified atom stereocenters. The van der Waals surface area contributed by atoms with Gasteiger partial charge in [0.15, 0.2) is 0 Å². The van der Waals surface area contributed by atoms with E-state index in [0.717, 1.165) is 28.1 Å². The van der Waals surface area contributed by atoms with Crippen LogP contribution in [0.2, 0.25) is 0 Å². The van der Waals surface area contributed by atoms with E-state index in [9.17, 15) is 0 Å². The van der Waals surface area contributed by atoms with Gasteiger partial charge in [-0.3, -0.25) is 5.10 Å². The molecule has 0 fully saturated rings. The number of aromatic nitrogens is 4. The second-order valence-electron chi connectivity index (χ2n) is 4.47. The molecule has 1 aromatic carbocycles. The first-order valence-electron chi connectivity index (χ1n) is 5.62. The summed E-state index contributed by atoms with van der Waals surface area (Å²) in [7, 11) is 0. The molecule has 0 aliphatic heterocycles. The summed E-state index contributed by atoms with van der Waals surface area (Å²) in [6.07, 6.45) is 1.80. The van der Waals surface area contributed by atoms with Crippen molar-refractivity contribution in [1.29, 1.82) is 0 Å². The Morgan fingerprint density at radius 1 is 1.12 bits per heavy atom. The minimum Gasteiger partial charge on any atom is -0.338 e. The maximum atomic E-state index is 4.64. The molecule has 0 atom stereocenters. The van der Waals surface area contributed by atoms with Crippen LogP contribution in [0.4, 0.5) is 0 Å². The van der Waals surface area contributed by atoms with E-state index >= 15 is 0 Å². The third kappa shape index (κ3) is 1.53. The molecule has 4 nitrogen and oxygen atoms in total. The van der Waals surface area contributed by atoms with E-state index < -0.39 is 0 Å². The normalized spacial score (nSPS) is 11.2. The first-order valence-corrected chi connectivity index (χ1v) is 5.62. The average molecular weight is 226 g/mol. The molecule has 3 rings (SSSR count). The Morgan fingerprint density at radius 2 is 1.94 bits per heavy atom. The molecule has 0 amide bonds. The van der Waals surface area contributed by atoms with Gasteiger partial charge in [-0.15, -0.1) is 0 Å². The molecule has 0 aliphatic carbocycles. The molecule has 2 aromatic heterocycles. The molecular formula is C13H14N4. The van der Waals surface area contributed by atoms with E-state index in [1.807, 2.05) is 6.92 Å². The van der Waals surface area contributed by atoms with Crippen LogP contribution in [0.5, 0.6) is 0 Å². The number of H-pyrrole nitrogens is 2. The van der Waals surface area contributed by atoms with Gasteiger partial charge in [0.1, 0.15) is 5.82 Å². The van der Waals surface area contributed by atoms with Crippen LogP contribution in [0.3, 0.4) is 0 Å². The molecule has 3 aromatic rings. The smallest absolute Gasteiger partial charge is 0.141 e. The Balaban J connectivity index is 2.27. The molecule has 0 spiro atoms. The van der Waals surface area contributed by atoms with E-state index in [1.54, 1.807) is 6.20 Å². The summed E-state index contributed by atoms with van der Waals surface area (Å²) < 4.78 is 0. The van der Waals surface area contributed by atoms with E-state index in [2.05, 4.69) is 46.1 Å². The maximum absolute atomic E-state index is 4.64. The van der Waals surface area contributed by atoms with Gasteiger partial charge >= 0.3 is 0 Å². The van der Waals surface area contributed by atoms with Crippen LogP contribution in [-0.4, -0.2) is 20.2 Å². The number of hydrogen-bond donors (Lipinski definition) is 2. The second kappa shape index (κ2) is 3.45. The summed E-state index contributed by atoms with van der Waals surface area (Å²) in [5, 5.41) is 6.95. The van der Waals surface area contributed by atoms with Crippen LogP contribution in [0.1, 0.15) is 16.8 Å². The average Bonchev–Trinajstić information content (AvgIpc) is 2.83. The van der Waals surface area contributed by atoms with Gasteiger partial charge in [-0.25, -0.2) is 4.98 Å². The molecule has 4 heteroatoms. The summed E-state index contributed by atoms with van der Waals surface area (Å²) in [5.74, 6) is 0.875. The number of fused-ring (bicyclic) bond motifs is 1.